The summed E-state index contributed by atoms with van der Waals surface area (Å²) in [5.41, 5.74) is 7.05. The first-order chi connectivity index (χ1) is 19.9. The molecule has 198 valence electrons. The third kappa shape index (κ3) is 7.50. The zero-order valence-electron chi connectivity index (χ0n) is 21.2. The number of aliphatic imine (C=N–C) groups is 2. The summed E-state index contributed by atoms with van der Waals surface area (Å²) in [6, 6.07) is 8.08. The number of nitrogens with zero attached hydrogens (tertiary/aromatic N) is 6. The number of hydrogen-bond acceptors (Lipinski definition) is 8. The molecule has 0 aliphatic carbocycles. The van der Waals surface area contributed by atoms with Gasteiger partial charge in [0.2, 0.25) is 0 Å². The molecule has 0 saturated carbocycles. The van der Waals surface area contributed by atoms with Crippen molar-refractivity contribution in [3.05, 3.63) is 144 Å². The summed E-state index contributed by atoms with van der Waals surface area (Å²) >= 11 is 3.48. The van der Waals surface area contributed by atoms with E-state index >= 15 is 0 Å². The summed E-state index contributed by atoms with van der Waals surface area (Å²) in [6.07, 6.45) is 28.4. The largest absolute Gasteiger partial charge is 0.472 e. The Kier molecular flexibility index (Phi) is 9.42. The molecule has 0 saturated heterocycles. The number of allylic oxidation sites excluding steroid dienone is 4. The maximum Gasteiger partial charge on any atom is 0.115 e. The van der Waals surface area contributed by atoms with Crippen molar-refractivity contribution < 1.29 is 8.83 Å². The van der Waals surface area contributed by atoms with E-state index in [-0.39, 0.29) is 0 Å². The SMILES string of the molecule is C1=CC(=C2C=CN=C2)C=N1.c1cc(-c2ccoc2)co1.c1cc(-c2ccsc2)cs1.c1cn(-n2ccnc2)cn1. The van der Waals surface area contributed by atoms with Crippen molar-refractivity contribution >= 4 is 35.1 Å². The highest BCUT2D eigenvalue weighted by Gasteiger charge is 2.01. The van der Waals surface area contributed by atoms with Gasteiger partial charge < -0.3 is 8.83 Å². The van der Waals surface area contributed by atoms with Crippen LogP contribution < -0.4 is 0 Å². The third-order valence-corrected chi connectivity index (χ3v) is 6.81. The smallest absolute Gasteiger partial charge is 0.115 e. The molecule has 0 unspecified atom stereocenters. The highest BCUT2D eigenvalue weighted by atomic mass is 32.1. The maximum atomic E-state index is 4.90. The highest BCUT2D eigenvalue weighted by molar-refractivity contribution is 7.09. The Labute approximate surface area is 238 Å². The molecule has 6 aromatic rings. The fourth-order valence-electron chi connectivity index (χ4n) is 3.41. The average molecular weight is 565 g/mol. The minimum Gasteiger partial charge on any atom is -0.472 e. The van der Waals surface area contributed by atoms with Crippen molar-refractivity contribution in [2.75, 3.05) is 0 Å². The molecule has 0 fully saturated rings. The lowest BCUT2D eigenvalue weighted by Crippen LogP contribution is -2.02. The summed E-state index contributed by atoms with van der Waals surface area (Å²) in [5.74, 6) is 0. The Morgan fingerprint density at radius 3 is 1.40 bits per heavy atom. The molecule has 0 bridgehead atoms. The van der Waals surface area contributed by atoms with Crippen molar-refractivity contribution in [3.63, 3.8) is 0 Å². The molecule has 0 aromatic carbocycles. The second-order valence-electron chi connectivity index (χ2n) is 8.03. The van der Waals surface area contributed by atoms with Crippen molar-refractivity contribution in [3.8, 4) is 22.3 Å². The Morgan fingerprint density at radius 1 is 0.600 bits per heavy atom. The van der Waals surface area contributed by atoms with Gasteiger partial charge in [0.15, 0.2) is 0 Å². The Morgan fingerprint density at radius 2 is 1.10 bits per heavy atom. The van der Waals surface area contributed by atoms with Crippen molar-refractivity contribution in [2.24, 2.45) is 9.98 Å². The number of furan rings is 2. The Hall–Kier alpha value is -5.06. The van der Waals surface area contributed by atoms with Gasteiger partial charge in [0.1, 0.15) is 12.7 Å². The summed E-state index contributed by atoms with van der Waals surface area (Å²) in [6.45, 7) is 0. The second kappa shape index (κ2) is 14.2. The van der Waals surface area contributed by atoms with Crippen LogP contribution in [-0.2, 0) is 0 Å². The van der Waals surface area contributed by atoms with Crippen LogP contribution in [-0.4, -0.2) is 31.7 Å². The molecule has 0 amide bonds. The van der Waals surface area contributed by atoms with E-state index in [0.29, 0.717) is 0 Å². The topological polar surface area (TPSA) is 86.6 Å². The molecule has 0 N–H and O–H groups in total. The molecule has 40 heavy (non-hydrogen) atoms. The minimum atomic E-state index is 1.05. The zero-order valence-corrected chi connectivity index (χ0v) is 22.8. The van der Waals surface area contributed by atoms with Gasteiger partial charge in [-0.15, -0.1) is 0 Å². The third-order valence-electron chi connectivity index (χ3n) is 5.44. The molecule has 2 aliphatic heterocycles. The highest BCUT2D eigenvalue weighted by Crippen LogP contribution is 2.23. The van der Waals surface area contributed by atoms with Gasteiger partial charge in [-0.2, -0.15) is 22.7 Å². The molecular formula is C30H24N6O2S2. The number of rotatable bonds is 3. The molecule has 2 aliphatic rings. The van der Waals surface area contributed by atoms with Crippen molar-refractivity contribution in [1.82, 2.24) is 19.3 Å². The van der Waals surface area contributed by atoms with Gasteiger partial charge in [0.05, 0.1) is 25.1 Å². The minimum absolute atomic E-state index is 1.05. The van der Waals surface area contributed by atoms with E-state index in [1.54, 1.807) is 85.2 Å². The molecule has 10 heteroatoms. The van der Waals surface area contributed by atoms with Gasteiger partial charge in [-0.1, -0.05) is 0 Å². The van der Waals surface area contributed by atoms with Crippen LogP contribution >= 0.6 is 22.7 Å². The van der Waals surface area contributed by atoms with Crippen LogP contribution in [0.5, 0.6) is 0 Å². The fraction of sp³-hybridized carbons (Fsp3) is 0. The predicted octanol–water partition coefficient (Wildman–Crippen LogP) is 7.89. The van der Waals surface area contributed by atoms with Gasteiger partial charge >= 0.3 is 0 Å². The van der Waals surface area contributed by atoms with E-state index < -0.39 is 0 Å². The first kappa shape index (κ1) is 26.5. The van der Waals surface area contributed by atoms with Gasteiger partial charge in [-0.05, 0) is 69.1 Å². The normalized spacial score (nSPS) is 14.3. The van der Waals surface area contributed by atoms with Crippen LogP contribution in [0.2, 0.25) is 0 Å². The quantitative estimate of drug-likeness (QED) is 0.219. The standard InChI is InChI=1S/C8H6N2.C8H6O2.C8H6S2.C6H6N4/c3*1-3-9-5-7(1)8-2-4-10-6-8;1-3-9(5-7-1)10-4-2-8-6-10/h4*1-6H. The van der Waals surface area contributed by atoms with Gasteiger partial charge in [0, 0.05) is 71.9 Å². The number of aromatic nitrogens is 4. The molecule has 0 radical (unpaired) electrons. The summed E-state index contributed by atoms with van der Waals surface area (Å²) in [4.78, 5) is 15.7. The lowest BCUT2D eigenvalue weighted by molar-refractivity contribution is 0.565. The van der Waals surface area contributed by atoms with Crippen LogP contribution in [0.3, 0.4) is 0 Å². The van der Waals surface area contributed by atoms with E-state index in [1.807, 2.05) is 58.5 Å². The van der Waals surface area contributed by atoms with Crippen LogP contribution in [0.25, 0.3) is 22.3 Å². The Bertz CT molecular complexity index is 1350. The van der Waals surface area contributed by atoms with Gasteiger partial charge in [0.25, 0.3) is 0 Å². The summed E-state index contributed by atoms with van der Waals surface area (Å²) < 4.78 is 13.4. The van der Waals surface area contributed by atoms with Crippen LogP contribution in [0, 0.1) is 0 Å². The van der Waals surface area contributed by atoms with Crippen LogP contribution in [0.15, 0.2) is 163 Å². The van der Waals surface area contributed by atoms with Gasteiger partial charge in [-0.3, -0.25) is 9.98 Å². The summed E-state index contributed by atoms with van der Waals surface area (Å²) in [7, 11) is 0. The monoisotopic (exact) mass is 564 g/mol. The molecule has 0 spiro atoms. The maximum absolute atomic E-state index is 4.90. The first-order valence-corrected chi connectivity index (χ1v) is 14.0. The molecule has 0 atom stereocenters. The van der Waals surface area contributed by atoms with E-state index in [0.717, 1.165) is 22.3 Å². The van der Waals surface area contributed by atoms with Crippen molar-refractivity contribution in [2.45, 2.75) is 0 Å². The number of imidazole rings is 2. The fourth-order valence-corrected chi connectivity index (χ4v) is 4.74. The molecule has 6 aromatic heterocycles. The number of thiophene rings is 2. The number of hydrogen-bond donors (Lipinski definition) is 0. The summed E-state index contributed by atoms with van der Waals surface area (Å²) in [5, 5.41) is 8.55. The lowest BCUT2D eigenvalue weighted by Gasteiger charge is -1.98. The van der Waals surface area contributed by atoms with E-state index in [9.17, 15) is 0 Å². The molecule has 8 heterocycles. The Balaban J connectivity index is 0.000000108. The predicted molar refractivity (Wildman–Crippen MR) is 162 cm³/mol. The van der Waals surface area contributed by atoms with Gasteiger partial charge in [-0.25, -0.2) is 19.3 Å². The van der Waals surface area contributed by atoms with Crippen LogP contribution in [0.4, 0.5) is 0 Å². The zero-order chi connectivity index (χ0) is 27.2. The second-order valence-corrected chi connectivity index (χ2v) is 9.59. The van der Waals surface area contributed by atoms with Crippen LogP contribution in [0.1, 0.15) is 0 Å². The van der Waals surface area contributed by atoms with E-state index in [2.05, 4.69) is 53.6 Å². The molecule has 8 rings (SSSR count). The average Bonchev–Trinajstić information content (AvgIpc) is 3.87. The van der Waals surface area contributed by atoms with E-state index in [1.165, 1.54) is 11.1 Å². The van der Waals surface area contributed by atoms with Crippen molar-refractivity contribution in [1.29, 1.82) is 0 Å². The molecular weight excluding hydrogens is 541 g/mol. The first-order valence-electron chi connectivity index (χ1n) is 12.1. The molecule has 8 nitrogen and oxygen atoms in total. The van der Waals surface area contributed by atoms with E-state index in [4.69, 9.17) is 8.83 Å². The lowest BCUT2D eigenvalue weighted by atomic mass is 10.1.